The molecule has 1 heterocycles. The van der Waals surface area contributed by atoms with Crippen LogP contribution >= 0.6 is 23.1 Å². The summed E-state index contributed by atoms with van der Waals surface area (Å²) >= 11 is 2.91. The van der Waals surface area contributed by atoms with Crippen molar-refractivity contribution in [3.63, 3.8) is 0 Å². The normalized spacial score (nSPS) is 12.2. The van der Waals surface area contributed by atoms with Gasteiger partial charge in [-0.15, -0.1) is 10.2 Å². The second kappa shape index (κ2) is 6.85. The SMILES string of the molecule is CCc1ccc(C(=O)[C@@H](C)Sc2nnc(NC)s2)cc1. The number of hydrogen-bond donors (Lipinski definition) is 1. The van der Waals surface area contributed by atoms with Gasteiger partial charge < -0.3 is 5.32 Å². The maximum absolute atomic E-state index is 12.3. The van der Waals surface area contributed by atoms with Gasteiger partial charge in [0.05, 0.1) is 5.25 Å². The molecule has 0 aliphatic carbocycles. The highest BCUT2D eigenvalue weighted by atomic mass is 32.2. The molecule has 1 atom stereocenters. The summed E-state index contributed by atoms with van der Waals surface area (Å²) in [6, 6.07) is 7.82. The van der Waals surface area contributed by atoms with Crippen LogP contribution in [-0.4, -0.2) is 28.3 Å². The van der Waals surface area contributed by atoms with Crippen LogP contribution in [0.25, 0.3) is 0 Å². The molecule has 0 bridgehead atoms. The van der Waals surface area contributed by atoms with Crippen LogP contribution in [0, 0.1) is 0 Å². The molecule has 6 heteroatoms. The highest BCUT2D eigenvalue weighted by Crippen LogP contribution is 2.30. The van der Waals surface area contributed by atoms with Crippen molar-refractivity contribution >= 4 is 34.0 Å². The van der Waals surface area contributed by atoms with Gasteiger partial charge >= 0.3 is 0 Å². The molecule has 2 rings (SSSR count). The monoisotopic (exact) mass is 307 g/mol. The first-order valence-electron chi connectivity index (χ1n) is 6.45. The number of rotatable bonds is 6. The Kier molecular flexibility index (Phi) is 5.14. The van der Waals surface area contributed by atoms with Crippen LogP contribution < -0.4 is 5.32 Å². The Morgan fingerprint density at radius 1 is 1.35 bits per heavy atom. The van der Waals surface area contributed by atoms with Crippen LogP contribution in [0.15, 0.2) is 28.6 Å². The summed E-state index contributed by atoms with van der Waals surface area (Å²) in [7, 11) is 1.80. The Morgan fingerprint density at radius 3 is 2.60 bits per heavy atom. The smallest absolute Gasteiger partial charge is 0.206 e. The third-order valence-corrected chi connectivity index (χ3v) is 5.04. The largest absolute Gasteiger partial charge is 0.363 e. The molecule has 4 nitrogen and oxygen atoms in total. The quantitative estimate of drug-likeness (QED) is 0.654. The van der Waals surface area contributed by atoms with E-state index in [4.69, 9.17) is 0 Å². The van der Waals surface area contributed by atoms with Crippen LogP contribution in [0.1, 0.15) is 29.8 Å². The maximum atomic E-state index is 12.3. The molecule has 0 saturated carbocycles. The van der Waals surface area contributed by atoms with Gasteiger partial charge in [-0.1, -0.05) is 54.3 Å². The lowest BCUT2D eigenvalue weighted by Crippen LogP contribution is -2.13. The lowest BCUT2D eigenvalue weighted by molar-refractivity contribution is 0.0994. The summed E-state index contributed by atoms with van der Waals surface area (Å²) in [5, 5.41) is 11.6. The fourth-order valence-corrected chi connectivity index (χ4v) is 3.63. The number of aromatic nitrogens is 2. The van der Waals surface area contributed by atoms with Crippen LogP contribution in [-0.2, 0) is 6.42 Å². The second-order valence-electron chi connectivity index (χ2n) is 4.30. The van der Waals surface area contributed by atoms with Gasteiger partial charge in [0.1, 0.15) is 0 Å². The zero-order valence-electron chi connectivity index (χ0n) is 11.7. The molecular weight excluding hydrogens is 290 g/mol. The van der Waals surface area contributed by atoms with Crippen molar-refractivity contribution in [2.45, 2.75) is 29.9 Å². The van der Waals surface area contributed by atoms with Gasteiger partial charge in [0.2, 0.25) is 5.13 Å². The van der Waals surface area contributed by atoms with Gasteiger partial charge in [-0.25, -0.2) is 0 Å². The number of carbonyl (C=O) groups is 1. The predicted molar refractivity (Wildman–Crippen MR) is 84.9 cm³/mol. The van der Waals surface area contributed by atoms with E-state index in [2.05, 4.69) is 22.4 Å². The molecule has 0 amide bonds. The van der Waals surface area contributed by atoms with Crippen molar-refractivity contribution < 1.29 is 4.79 Å². The van der Waals surface area contributed by atoms with E-state index in [0.717, 1.165) is 21.5 Å². The molecule has 0 fully saturated rings. The van der Waals surface area contributed by atoms with Gasteiger partial charge in [-0.2, -0.15) is 0 Å². The fraction of sp³-hybridized carbons (Fsp3) is 0.357. The van der Waals surface area contributed by atoms with Crippen LogP contribution in [0.3, 0.4) is 0 Å². The number of Topliss-reactive ketones (excluding diaryl/α,β-unsaturated/α-hetero) is 1. The molecule has 1 aromatic heterocycles. The van der Waals surface area contributed by atoms with E-state index >= 15 is 0 Å². The van der Waals surface area contributed by atoms with Gasteiger partial charge in [0.15, 0.2) is 10.1 Å². The average molecular weight is 307 g/mol. The van der Waals surface area contributed by atoms with Crippen molar-refractivity contribution in [3.05, 3.63) is 35.4 Å². The van der Waals surface area contributed by atoms with E-state index in [1.54, 1.807) is 7.05 Å². The molecule has 1 aromatic carbocycles. The average Bonchev–Trinajstić information content (AvgIpc) is 2.94. The molecule has 0 radical (unpaired) electrons. The zero-order valence-corrected chi connectivity index (χ0v) is 13.3. The maximum Gasteiger partial charge on any atom is 0.206 e. The fourth-order valence-electron chi connectivity index (χ4n) is 1.70. The number of ketones is 1. The van der Waals surface area contributed by atoms with Crippen molar-refractivity contribution in [2.24, 2.45) is 0 Å². The summed E-state index contributed by atoms with van der Waals surface area (Å²) in [5.41, 5.74) is 1.99. The number of carbonyl (C=O) groups excluding carboxylic acids is 1. The lowest BCUT2D eigenvalue weighted by Gasteiger charge is -2.08. The number of nitrogens with one attached hydrogen (secondary N) is 1. The zero-order chi connectivity index (χ0) is 14.5. The minimum absolute atomic E-state index is 0.124. The lowest BCUT2D eigenvalue weighted by atomic mass is 10.1. The number of hydrogen-bond acceptors (Lipinski definition) is 6. The third kappa shape index (κ3) is 3.58. The number of anilines is 1. The molecule has 1 N–H and O–H groups in total. The highest BCUT2D eigenvalue weighted by molar-refractivity contribution is 8.02. The first kappa shape index (κ1) is 15.0. The molecule has 0 aliphatic heterocycles. The van der Waals surface area contributed by atoms with Crippen molar-refractivity contribution in [1.82, 2.24) is 10.2 Å². The second-order valence-corrected chi connectivity index (χ2v) is 6.86. The van der Waals surface area contributed by atoms with E-state index in [1.807, 2.05) is 31.2 Å². The Hall–Kier alpha value is -1.40. The van der Waals surface area contributed by atoms with Crippen LogP contribution in [0.5, 0.6) is 0 Å². The van der Waals surface area contributed by atoms with Crippen LogP contribution in [0.2, 0.25) is 0 Å². The van der Waals surface area contributed by atoms with E-state index in [1.165, 1.54) is 28.7 Å². The van der Waals surface area contributed by atoms with Crippen LogP contribution in [0.4, 0.5) is 5.13 Å². The van der Waals surface area contributed by atoms with Gasteiger partial charge in [-0.3, -0.25) is 4.79 Å². The molecule has 0 spiro atoms. The minimum Gasteiger partial charge on any atom is -0.363 e. The van der Waals surface area contributed by atoms with Crippen molar-refractivity contribution in [3.8, 4) is 0 Å². The Bertz CT molecular complexity index is 580. The number of aryl methyl sites for hydroxylation is 1. The topological polar surface area (TPSA) is 54.9 Å². The standard InChI is InChI=1S/C14H17N3OS2/c1-4-10-5-7-11(8-6-10)12(18)9(2)19-14-17-16-13(15-3)20-14/h5-9H,4H2,1-3H3,(H,15,16)/t9-/m1/s1. The van der Waals surface area contributed by atoms with Gasteiger partial charge in [0.25, 0.3) is 0 Å². The summed E-state index contributed by atoms with van der Waals surface area (Å²) in [4.78, 5) is 12.3. The molecule has 106 valence electrons. The van der Waals surface area contributed by atoms with E-state index in [-0.39, 0.29) is 11.0 Å². The van der Waals surface area contributed by atoms with Gasteiger partial charge in [-0.05, 0) is 18.9 Å². The highest BCUT2D eigenvalue weighted by Gasteiger charge is 2.18. The molecular formula is C14H17N3OS2. The van der Waals surface area contributed by atoms with E-state index < -0.39 is 0 Å². The molecule has 0 aliphatic rings. The van der Waals surface area contributed by atoms with Crippen molar-refractivity contribution in [1.29, 1.82) is 0 Å². The van der Waals surface area contributed by atoms with E-state index in [9.17, 15) is 4.79 Å². The van der Waals surface area contributed by atoms with E-state index in [0.29, 0.717) is 0 Å². The molecule has 20 heavy (non-hydrogen) atoms. The number of nitrogens with zero attached hydrogens (tertiary/aromatic N) is 2. The summed E-state index contributed by atoms with van der Waals surface area (Å²) < 4.78 is 0.806. The number of thioether (sulfide) groups is 1. The summed E-state index contributed by atoms with van der Waals surface area (Å²) in [6.45, 7) is 4.01. The number of benzene rings is 1. The Labute approximate surface area is 127 Å². The first-order chi connectivity index (χ1) is 9.63. The minimum atomic E-state index is -0.167. The first-order valence-corrected chi connectivity index (χ1v) is 8.14. The molecule has 0 saturated heterocycles. The Balaban J connectivity index is 2.03. The summed E-state index contributed by atoms with van der Waals surface area (Å²) in [6.07, 6.45) is 0.982. The molecule has 0 unspecified atom stereocenters. The predicted octanol–water partition coefficient (Wildman–Crippen LogP) is 3.51. The third-order valence-electron chi connectivity index (χ3n) is 2.91. The Morgan fingerprint density at radius 2 is 2.05 bits per heavy atom. The van der Waals surface area contributed by atoms with Gasteiger partial charge in [0, 0.05) is 12.6 Å². The molecule has 2 aromatic rings. The van der Waals surface area contributed by atoms with Crippen molar-refractivity contribution in [2.75, 3.05) is 12.4 Å². The summed E-state index contributed by atoms with van der Waals surface area (Å²) in [5.74, 6) is 0.124.